The first-order valence-corrected chi connectivity index (χ1v) is 8.28. The Morgan fingerprint density at radius 1 is 1.03 bits per heavy atom. The minimum Gasteiger partial charge on any atom is -0.489 e. The van der Waals surface area contributed by atoms with Crippen LogP contribution in [0.1, 0.15) is 26.3 Å². The fraction of sp³-hybridized carbons (Fsp3) is 0.0500. The van der Waals surface area contributed by atoms with Crippen molar-refractivity contribution in [2.24, 2.45) is 0 Å². The molecule has 3 aromatic rings. The number of carboxylic acids is 2. The molecule has 9 heteroatoms. The first kappa shape index (κ1) is 19.6. The minimum absolute atomic E-state index is 0.0241. The molecule has 8 nitrogen and oxygen atoms in total. The van der Waals surface area contributed by atoms with Gasteiger partial charge >= 0.3 is 11.9 Å². The van der Waals surface area contributed by atoms with Gasteiger partial charge in [-0.1, -0.05) is 24.3 Å². The van der Waals surface area contributed by atoms with Crippen molar-refractivity contribution >= 4 is 17.8 Å². The second-order valence-electron chi connectivity index (χ2n) is 6.05. The molecule has 29 heavy (non-hydrogen) atoms. The molecule has 2 aromatic carbocycles. The fourth-order valence-corrected chi connectivity index (χ4v) is 2.87. The van der Waals surface area contributed by atoms with Crippen molar-refractivity contribution in [3.63, 3.8) is 0 Å². The molecule has 0 aliphatic rings. The zero-order valence-corrected chi connectivity index (χ0v) is 14.8. The van der Waals surface area contributed by atoms with Crippen LogP contribution >= 0.6 is 0 Å². The van der Waals surface area contributed by atoms with Crippen molar-refractivity contribution in [2.75, 3.05) is 5.73 Å². The lowest BCUT2D eigenvalue weighted by Crippen LogP contribution is -2.24. The lowest BCUT2D eigenvalue weighted by Gasteiger charge is -2.13. The number of anilines is 1. The Morgan fingerprint density at radius 3 is 2.38 bits per heavy atom. The third-order valence-electron chi connectivity index (χ3n) is 4.09. The van der Waals surface area contributed by atoms with E-state index in [2.05, 4.69) is 0 Å². The summed E-state index contributed by atoms with van der Waals surface area (Å²) in [5.74, 6) is -3.72. The van der Waals surface area contributed by atoms with Gasteiger partial charge in [0.05, 0.1) is 0 Å². The lowest BCUT2D eigenvalue weighted by atomic mass is 9.95. The smallest absolute Gasteiger partial charge is 0.342 e. The molecule has 0 amide bonds. The van der Waals surface area contributed by atoms with Gasteiger partial charge in [0.15, 0.2) is 0 Å². The van der Waals surface area contributed by atoms with E-state index in [1.165, 1.54) is 36.4 Å². The minimum atomic E-state index is -1.60. The summed E-state index contributed by atoms with van der Waals surface area (Å²) in [7, 11) is 0. The average molecular weight is 398 g/mol. The van der Waals surface area contributed by atoms with Gasteiger partial charge in [-0.25, -0.2) is 14.0 Å². The number of halogens is 1. The molecule has 148 valence electrons. The highest BCUT2D eigenvalue weighted by atomic mass is 19.1. The van der Waals surface area contributed by atoms with Crippen molar-refractivity contribution in [3.8, 4) is 16.9 Å². The summed E-state index contributed by atoms with van der Waals surface area (Å²) in [6, 6.07) is 11.7. The monoisotopic (exact) mass is 398 g/mol. The predicted octanol–water partition coefficient (Wildman–Crippen LogP) is 2.74. The number of carboxylic acid groups (broad SMARTS) is 2. The fourth-order valence-electron chi connectivity index (χ4n) is 2.87. The van der Waals surface area contributed by atoms with Gasteiger partial charge in [-0.15, -0.1) is 0 Å². The molecule has 3 rings (SSSR count). The molecule has 0 spiro atoms. The van der Waals surface area contributed by atoms with Gasteiger partial charge in [0.25, 0.3) is 5.56 Å². The van der Waals surface area contributed by atoms with Gasteiger partial charge in [-0.3, -0.25) is 4.79 Å². The van der Waals surface area contributed by atoms with Crippen molar-refractivity contribution in [3.05, 3.63) is 81.4 Å². The average Bonchev–Trinajstić information content (AvgIpc) is 2.65. The van der Waals surface area contributed by atoms with Gasteiger partial charge < -0.3 is 25.7 Å². The number of hydrogen-bond acceptors (Lipinski definition) is 5. The summed E-state index contributed by atoms with van der Waals surface area (Å²) in [5, 5.41) is 18.9. The quantitative estimate of drug-likeness (QED) is 0.500. The molecular formula is C20H15FN2O6. The van der Waals surface area contributed by atoms with Crippen LogP contribution in [0.3, 0.4) is 0 Å². The van der Waals surface area contributed by atoms with Crippen LogP contribution in [-0.2, 0) is 6.61 Å². The van der Waals surface area contributed by atoms with Crippen molar-refractivity contribution in [2.45, 2.75) is 6.61 Å². The largest absolute Gasteiger partial charge is 0.489 e. The Morgan fingerprint density at radius 2 is 1.72 bits per heavy atom. The van der Waals surface area contributed by atoms with E-state index in [1.54, 1.807) is 12.1 Å². The third-order valence-corrected chi connectivity index (χ3v) is 4.09. The standard InChI is InChI=1S/C20H15FN2O6/c21-12-5-1-3-10(7-12)9-29-13-6-2-4-11(8-13)14-15(19(25)26)17(22)23-18(24)16(14)20(27)28/h1-8H,9H2,(H,25,26)(H,27,28)(H3,22,23,24). The molecule has 5 N–H and O–H groups in total. The van der Waals surface area contributed by atoms with E-state index in [0.717, 1.165) is 0 Å². The summed E-state index contributed by atoms with van der Waals surface area (Å²) in [5.41, 5.74) is 3.66. The zero-order chi connectivity index (χ0) is 21.1. The number of ether oxygens (including phenoxy) is 1. The SMILES string of the molecule is Nc1[nH]c(=O)c(C(=O)O)c(-c2cccc(OCc3cccc(F)c3)c2)c1C(=O)O. The van der Waals surface area contributed by atoms with Crippen LogP contribution in [-0.4, -0.2) is 27.1 Å². The van der Waals surface area contributed by atoms with Gasteiger partial charge in [0.2, 0.25) is 0 Å². The number of hydrogen-bond donors (Lipinski definition) is 4. The number of benzene rings is 2. The number of pyridine rings is 1. The highest BCUT2D eigenvalue weighted by molar-refractivity contribution is 6.07. The topological polar surface area (TPSA) is 143 Å². The van der Waals surface area contributed by atoms with E-state index in [1.807, 2.05) is 4.98 Å². The molecule has 1 heterocycles. The number of nitrogen functional groups attached to an aromatic ring is 1. The molecule has 0 aliphatic heterocycles. The van der Waals surface area contributed by atoms with E-state index in [0.29, 0.717) is 5.56 Å². The molecule has 0 fully saturated rings. The Hall–Kier alpha value is -4.14. The summed E-state index contributed by atoms with van der Waals surface area (Å²) >= 11 is 0. The highest BCUT2D eigenvalue weighted by Crippen LogP contribution is 2.31. The van der Waals surface area contributed by atoms with Crippen molar-refractivity contribution < 1.29 is 28.9 Å². The lowest BCUT2D eigenvalue weighted by molar-refractivity contribution is 0.0695. The Bertz CT molecular complexity index is 1170. The predicted molar refractivity (Wildman–Crippen MR) is 102 cm³/mol. The van der Waals surface area contributed by atoms with Crippen LogP contribution in [0.5, 0.6) is 5.75 Å². The maximum atomic E-state index is 13.3. The second kappa shape index (κ2) is 7.85. The number of aromatic nitrogens is 1. The number of aromatic carboxylic acids is 2. The molecule has 0 saturated heterocycles. The van der Waals surface area contributed by atoms with Crippen LogP contribution in [0.15, 0.2) is 53.3 Å². The van der Waals surface area contributed by atoms with E-state index in [-0.39, 0.29) is 23.5 Å². The first-order chi connectivity index (χ1) is 13.8. The molecule has 1 aromatic heterocycles. The van der Waals surface area contributed by atoms with Gasteiger partial charge in [-0.2, -0.15) is 0 Å². The molecule has 0 saturated carbocycles. The van der Waals surface area contributed by atoms with Crippen LogP contribution in [0.25, 0.3) is 11.1 Å². The summed E-state index contributed by atoms with van der Waals surface area (Å²) < 4.78 is 18.9. The van der Waals surface area contributed by atoms with E-state index in [4.69, 9.17) is 10.5 Å². The molecular weight excluding hydrogens is 383 g/mol. The third kappa shape index (κ3) is 4.08. The molecule has 0 radical (unpaired) electrons. The normalized spacial score (nSPS) is 10.5. The number of H-pyrrole nitrogens is 1. The number of carbonyl (C=O) groups is 2. The van der Waals surface area contributed by atoms with E-state index in [9.17, 15) is 29.0 Å². The van der Waals surface area contributed by atoms with Crippen LogP contribution in [0.4, 0.5) is 10.2 Å². The van der Waals surface area contributed by atoms with Gasteiger partial charge in [-0.05, 0) is 35.4 Å². The number of aromatic amines is 1. The van der Waals surface area contributed by atoms with Crippen LogP contribution in [0, 0.1) is 5.82 Å². The maximum absolute atomic E-state index is 13.3. The molecule has 0 bridgehead atoms. The molecule has 0 aliphatic carbocycles. The number of nitrogens with one attached hydrogen (secondary N) is 1. The van der Waals surface area contributed by atoms with Crippen molar-refractivity contribution in [1.82, 2.24) is 4.98 Å². The van der Waals surface area contributed by atoms with Crippen LogP contribution in [0.2, 0.25) is 0 Å². The van der Waals surface area contributed by atoms with Gasteiger partial charge in [0, 0.05) is 5.56 Å². The number of rotatable bonds is 6. The Labute approximate surface area is 163 Å². The Kier molecular flexibility index (Phi) is 5.31. The van der Waals surface area contributed by atoms with Crippen LogP contribution < -0.4 is 16.0 Å². The molecule has 0 unspecified atom stereocenters. The molecule has 0 atom stereocenters. The van der Waals surface area contributed by atoms with E-state index >= 15 is 0 Å². The maximum Gasteiger partial charge on any atom is 0.342 e. The van der Waals surface area contributed by atoms with Crippen molar-refractivity contribution in [1.29, 1.82) is 0 Å². The second-order valence-corrected chi connectivity index (χ2v) is 6.05. The Balaban J connectivity index is 2.07. The first-order valence-electron chi connectivity index (χ1n) is 8.28. The zero-order valence-electron chi connectivity index (χ0n) is 14.8. The van der Waals surface area contributed by atoms with Gasteiger partial charge in [0.1, 0.15) is 35.1 Å². The summed E-state index contributed by atoms with van der Waals surface area (Å²) in [6.07, 6.45) is 0. The number of nitrogens with two attached hydrogens (primary N) is 1. The summed E-state index contributed by atoms with van der Waals surface area (Å²) in [6.45, 7) is 0.0241. The summed E-state index contributed by atoms with van der Waals surface area (Å²) in [4.78, 5) is 37.4. The van der Waals surface area contributed by atoms with E-state index < -0.39 is 40.3 Å². The highest BCUT2D eigenvalue weighted by Gasteiger charge is 2.26.